The average Bonchev–Trinajstić information content (AvgIpc) is 3.16. The fraction of sp³-hybridized carbons (Fsp3) is 0.118. The maximum absolute atomic E-state index is 5.90. The van der Waals surface area contributed by atoms with Crippen molar-refractivity contribution in [2.45, 2.75) is 13.8 Å². The molecule has 0 amide bonds. The predicted octanol–water partition coefficient (Wildman–Crippen LogP) is 3.69. The first-order valence-corrected chi connectivity index (χ1v) is 7.04. The average molecular weight is 290 g/mol. The van der Waals surface area contributed by atoms with Crippen LogP contribution in [-0.4, -0.2) is 19.7 Å². The van der Waals surface area contributed by atoms with Crippen LogP contribution in [-0.2, 0) is 0 Å². The monoisotopic (exact) mass is 290 g/mol. The van der Waals surface area contributed by atoms with Gasteiger partial charge in [-0.3, -0.25) is 4.57 Å². The van der Waals surface area contributed by atoms with Crippen LogP contribution in [0.5, 0.6) is 0 Å². The summed E-state index contributed by atoms with van der Waals surface area (Å²) >= 11 is 0. The number of aromatic nitrogens is 4. The first-order valence-electron chi connectivity index (χ1n) is 7.04. The zero-order chi connectivity index (χ0) is 15.1. The van der Waals surface area contributed by atoms with Gasteiger partial charge in [0, 0.05) is 5.56 Å². The van der Waals surface area contributed by atoms with E-state index in [2.05, 4.69) is 22.1 Å². The first-order chi connectivity index (χ1) is 10.7. The molecule has 0 unspecified atom stereocenters. The summed E-state index contributed by atoms with van der Waals surface area (Å²) in [6.07, 6.45) is 3.36. The fourth-order valence-electron chi connectivity index (χ4n) is 2.50. The van der Waals surface area contributed by atoms with Crippen LogP contribution >= 0.6 is 0 Å². The van der Waals surface area contributed by atoms with Gasteiger partial charge in [-0.05, 0) is 49.2 Å². The standard InChI is InChI=1S/C17H14N4O/c1-11-3-6-14-16(7-11)22-17(20-14)13-5-4-12(2)15(8-13)21-9-18-19-10-21/h3-10H,1-2H3. The van der Waals surface area contributed by atoms with E-state index in [0.717, 1.165) is 33.5 Å². The van der Waals surface area contributed by atoms with Crippen molar-refractivity contribution in [3.63, 3.8) is 0 Å². The zero-order valence-corrected chi connectivity index (χ0v) is 12.3. The Morgan fingerprint density at radius 1 is 0.955 bits per heavy atom. The minimum absolute atomic E-state index is 0.620. The van der Waals surface area contributed by atoms with Crippen LogP contribution in [0.1, 0.15) is 11.1 Å². The number of rotatable bonds is 2. The van der Waals surface area contributed by atoms with Gasteiger partial charge in [-0.15, -0.1) is 10.2 Å². The van der Waals surface area contributed by atoms with Gasteiger partial charge in [0.15, 0.2) is 5.58 Å². The topological polar surface area (TPSA) is 56.7 Å². The Labute approximate surface area is 127 Å². The Balaban J connectivity index is 1.86. The highest BCUT2D eigenvalue weighted by atomic mass is 16.3. The number of aryl methyl sites for hydroxylation is 2. The third-order valence-corrected chi connectivity index (χ3v) is 3.70. The zero-order valence-electron chi connectivity index (χ0n) is 12.3. The van der Waals surface area contributed by atoms with Crippen LogP contribution in [0.25, 0.3) is 28.2 Å². The van der Waals surface area contributed by atoms with Crippen molar-refractivity contribution >= 4 is 11.1 Å². The molecule has 5 nitrogen and oxygen atoms in total. The molecule has 0 aliphatic heterocycles. The van der Waals surface area contributed by atoms with Crippen molar-refractivity contribution in [2.24, 2.45) is 0 Å². The molecular weight excluding hydrogens is 276 g/mol. The molecule has 0 fully saturated rings. The lowest BCUT2D eigenvalue weighted by Gasteiger charge is -2.07. The van der Waals surface area contributed by atoms with Gasteiger partial charge in [0.2, 0.25) is 5.89 Å². The van der Waals surface area contributed by atoms with E-state index in [9.17, 15) is 0 Å². The van der Waals surface area contributed by atoms with E-state index in [0.29, 0.717) is 5.89 Å². The molecule has 4 rings (SSSR count). The molecule has 0 bridgehead atoms. The molecule has 0 spiro atoms. The Morgan fingerprint density at radius 2 is 1.77 bits per heavy atom. The van der Waals surface area contributed by atoms with Crippen LogP contribution in [0.3, 0.4) is 0 Å². The Morgan fingerprint density at radius 3 is 2.59 bits per heavy atom. The van der Waals surface area contributed by atoms with Crippen molar-refractivity contribution in [2.75, 3.05) is 0 Å². The highest BCUT2D eigenvalue weighted by Crippen LogP contribution is 2.27. The lowest BCUT2D eigenvalue weighted by molar-refractivity contribution is 0.619. The molecule has 0 saturated carbocycles. The van der Waals surface area contributed by atoms with E-state index in [1.807, 2.05) is 47.9 Å². The molecule has 0 aliphatic rings. The summed E-state index contributed by atoms with van der Waals surface area (Å²) in [5.74, 6) is 0.620. The summed E-state index contributed by atoms with van der Waals surface area (Å²) in [6, 6.07) is 12.1. The number of hydrogen-bond donors (Lipinski definition) is 0. The molecule has 2 aromatic carbocycles. The highest BCUT2D eigenvalue weighted by molar-refractivity contribution is 5.77. The molecule has 2 heterocycles. The lowest BCUT2D eigenvalue weighted by Crippen LogP contribution is -1.94. The van der Waals surface area contributed by atoms with E-state index in [4.69, 9.17) is 4.42 Å². The molecule has 4 aromatic rings. The quantitative estimate of drug-likeness (QED) is 0.565. The SMILES string of the molecule is Cc1ccc2nc(-c3ccc(C)c(-n4cnnc4)c3)oc2c1. The Hall–Kier alpha value is -2.95. The molecular formula is C17H14N4O. The molecule has 0 aliphatic carbocycles. The second-order valence-electron chi connectivity index (χ2n) is 5.36. The summed E-state index contributed by atoms with van der Waals surface area (Å²) in [4.78, 5) is 4.57. The molecule has 0 N–H and O–H groups in total. The minimum atomic E-state index is 0.620. The van der Waals surface area contributed by atoms with Crippen LogP contribution in [0, 0.1) is 13.8 Å². The Kier molecular flexibility index (Phi) is 2.79. The smallest absolute Gasteiger partial charge is 0.227 e. The second kappa shape index (κ2) is 4.80. The second-order valence-corrected chi connectivity index (χ2v) is 5.36. The van der Waals surface area contributed by atoms with Gasteiger partial charge in [0.05, 0.1) is 5.69 Å². The molecule has 2 aromatic heterocycles. The van der Waals surface area contributed by atoms with Crippen molar-refractivity contribution in [1.82, 2.24) is 19.7 Å². The number of hydrogen-bond acceptors (Lipinski definition) is 4. The molecule has 0 saturated heterocycles. The van der Waals surface area contributed by atoms with Gasteiger partial charge in [-0.2, -0.15) is 0 Å². The fourth-order valence-corrected chi connectivity index (χ4v) is 2.50. The molecule has 0 radical (unpaired) electrons. The van der Waals surface area contributed by atoms with Crippen LogP contribution in [0.4, 0.5) is 0 Å². The van der Waals surface area contributed by atoms with Gasteiger partial charge < -0.3 is 4.42 Å². The van der Waals surface area contributed by atoms with Crippen LogP contribution in [0.2, 0.25) is 0 Å². The van der Waals surface area contributed by atoms with Gasteiger partial charge in [0.1, 0.15) is 18.2 Å². The minimum Gasteiger partial charge on any atom is -0.436 e. The molecule has 108 valence electrons. The third-order valence-electron chi connectivity index (χ3n) is 3.70. The Bertz CT molecular complexity index is 954. The number of fused-ring (bicyclic) bond motifs is 1. The van der Waals surface area contributed by atoms with Crippen molar-refractivity contribution in [3.8, 4) is 17.1 Å². The highest BCUT2D eigenvalue weighted by Gasteiger charge is 2.11. The number of benzene rings is 2. The summed E-state index contributed by atoms with van der Waals surface area (Å²) < 4.78 is 7.78. The summed E-state index contributed by atoms with van der Waals surface area (Å²) in [7, 11) is 0. The van der Waals surface area contributed by atoms with Crippen LogP contribution in [0.15, 0.2) is 53.5 Å². The van der Waals surface area contributed by atoms with Gasteiger partial charge in [-0.1, -0.05) is 12.1 Å². The largest absolute Gasteiger partial charge is 0.436 e. The third kappa shape index (κ3) is 2.07. The van der Waals surface area contributed by atoms with E-state index in [1.165, 1.54) is 0 Å². The molecule has 0 atom stereocenters. The normalized spacial score (nSPS) is 11.2. The molecule has 22 heavy (non-hydrogen) atoms. The van der Waals surface area contributed by atoms with Crippen LogP contribution < -0.4 is 0 Å². The van der Waals surface area contributed by atoms with E-state index >= 15 is 0 Å². The summed E-state index contributed by atoms with van der Waals surface area (Å²) in [5.41, 5.74) is 5.91. The summed E-state index contributed by atoms with van der Waals surface area (Å²) in [5, 5.41) is 7.72. The summed E-state index contributed by atoms with van der Waals surface area (Å²) in [6.45, 7) is 4.09. The van der Waals surface area contributed by atoms with Crippen molar-refractivity contribution in [1.29, 1.82) is 0 Å². The molecule has 5 heteroatoms. The maximum atomic E-state index is 5.90. The lowest BCUT2D eigenvalue weighted by atomic mass is 10.1. The first kappa shape index (κ1) is 12.8. The van der Waals surface area contributed by atoms with E-state index in [-0.39, 0.29) is 0 Å². The van der Waals surface area contributed by atoms with Crippen molar-refractivity contribution < 1.29 is 4.42 Å². The number of oxazole rings is 1. The van der Waals surface area contributed by atoms with Gasteiger partial charge in [0.25, 0.3) is 0 Å². The van der Waals surface area contributed by atoms with Crippen molar-refractivity contribution in [3.05, 3.63) is 60.2 Å². The van der Waals surface area contributed by atoms with Gasteiger partial charge in [-0.25, -0.2) is 4.98 Å². The van der Waals surface area contributed by atoms with E-state index in [1.54, 1.807) is 12.7 Å². The maximum Gasteiger partial charge on any atom is 0.227 e. The van der Waals surface area contributed by atoms with E-state index < -0.39 is 0 Å². The number of nitrogens with zero attached hydrogens (tertiary/aromatic N) is 4. The van der Waals surface area contributed by atoms with Gasteiger partial charge >= 0.3 is 0 Å². The predicted molar refractivity (Wildman–Crippen MR) is 83.8 cm³/mol.